The second kappa shape index (κ2) is 11.5. The Morgan fingerprint density at radius 3 is 1.90 bits per heavy atom. The van der Waals surface area contributed by atoms with Gasteiger partial charge in [-0.15, -0.1) is 0 Å². The summed E-state index contributed by atoms with van der Waals surface area (Å²) in [4.78, 5) is 12.4. The Morgan fingerprint density at radius 2 is 1.52 bits per heavy atom. The Bertz CT molecular complexity index is 664. The van der Waals surface area contributed by atoms with Crippen LogP contribution >= 0.6 is 0 Å². The number of carbonyl (C=O) groups excluding carboxylic acids is 1. The lowest BCUT2D eigenvalue weighted by molar-refractivity contribution is 0.0405. The maximum atomic E-state index is 12.4. The van der Waals surface area contributed by atoms with Crippen LogP contribution < -0.4 is 5.32 Å². The van der Waals surface area contributed by atoms with Crippen molar-refractivity contribution in [2.45, 2.75) is 111 Å². The van der Waals surface area contributed by atoms with Crippen LogP contribution in [0.5, 0.6) is 0 Å². The van der Waals surface area contributed by atoms with Crippen LogP contribution in [0, 0.1) is 11.8 Å². The van der Waals surface area contributed by atoms with Crippen molar-refractivity contribution in [1.82, 2.24) is 5.32 Å². The number of ether oxygens (including phenoxy) is 1. The van der Waals surface area contributed by atoms with Crippen LogP contribution in [0.4, 0.5) is 4.79 Å². The zero-order valence-corrected chi connectivity index (χ0v) is 23.6. The molecule has 0 aliphatic carbocycles. The molecule has 1 amide bonds. The van der Waals surface area contributed by atoms with Crippen LogP contribution in [0.1, 0.15) is 75.2 Å². The lowest BCUT2D eigenvalue weighted by Crippen LogP contribution is -2.48. The zero-order chi connectivity index (χ0) is 24.8. The fraction of sp³-hybridized carbons (Fsp3) is 0.955. The van der Waals surface area contributed by atoms with Crippen molar-refractivity contribution in [3.8, 4) is 0 Å². The third-order valence-corrected chi connectivity index (χ3v) is 10.4. The fourth-order valence-electron chi connectivity index (χ4n) is 2.80. The van der Waals surface area contributed by atoms with Crippen molar-refractivity contribution in [3.05, 3.63) is 0 Å². The summed E-state index contributed by atoms with van der Waals surface area (Å²) in [6.45, 7) is 22.9. The van der Waals surface area contributed by atoms with Gasteiger partial charge >= 0.3 is 6.09 Å². The molecule has 1 N–H and O–H groups in total. The maximum Gasteiger partial charge on any atom is 0.407 e. The first-order valence-electron chi connectivity index (χ1n) is 11.1. The normalized spacial score (nSPS) is 16.7. The number of amides is 1. The summed E-state index contributed by atoms with van der Waals surface area (Å²) in [6.07, 6.45) is 0.759. The molecule has 0 radical (unpaired) electrons. The van der Waals surface area contributed by atoms with Crippen molar-refractivity contribution in [2.75, 3.05) is 12.9 Å². The van der Waals surface area contributed by atoms with Crippen LogP contribution in [0.15, 0.2) is 0 Å². The Morgan fingerprint density at radius 1 is 1.00 bits per heavy atom. The molecular weight excluding hydrogens is 434 g/mol. The molecule has 186 valence electrons. The number of nitrogens with one attached hydrogen (secondary N) is 1. The third-order valence-electron chi connectivity index (χ3n) is 5.34. The van der Waals surface area contributed by atoms with Gasteiger partial charge < -0.3 is 14.5 Å². The first-order valence-corrected chi connectivity index (χ1v) is 15.9. The van der Waals surface area contributed by atoms with Gasteiger partial charge in [0.05, 0.1) is 18.4 Å². The second-order valence-corrected chi connectivity index (χ2v) is 18.0. The van der Waals surface area contributed by atoms with E-state index in [2.05, 4.69) is 39.2 Å². The highest BCUT2D eigenvalue weighted by Gasteiger charge is 2.38. The molecule has 9 heteroatoms. The lowest BCUT2D eigenvalue weighted by atomic mass is 9.93. The molecule has 0 unspecified atom stereocenters. The van der Waals surface area contributed by atoms with Crippen molar-refractivity contribution >= 4 is 24.5 Å². The van der Waals surface area contributed by atoms with Crippen LogP contribution in [0.25, 0.3) is 0 Å². The van der Waals surface area contributed by atoms with Gasteiger partial charge in [-0.3, -0.25) is 4.18 Å². The Labute approximate surface area is 192 Å². The van der Waals surface area contributed by atoms with E-state index in [-0.39, 0.29) is 16.9 Å². The van der Waals surface area contributed by atoms with E-state index in [1.807, 2.05) is 20.8 Å². The SMILES string of the molecule is CC(C)C[C@H](NC(=O)OC(C)(C)C)[C@@H](C[C@@H](C)CO[Si](C)(C)C(C)(C)C)OS(C)(=O)=O. The van der Waals surface area contributed by atoms with Crippen molar-refractivity contribution < 1.29 is 26.6 Å². The van der Waals surface area contributed by atoms with Crippen molar-refractivity contribution in [2.24, 2.45) is 11.8 Å². The van der Waals surface area contributed by atoms with Crippen molar-refractivity contribution in [1.29, 1.82) is 0 Å². The smallest absolute Gasteiger partial charge is 0.407 e. The van der Waals surface area contributed by atoms with Gasteiger partial charge in [0.15, 0.2) is 8.32 Å². The minimum Gasteiger partial charge on any atom is -0.444 e. The highest BCUT2D eigenvalue weighted by molar-refractivity contribution is 7.86. The minimum absolute atomic E-state index is 0.0518. The summed E-state index contributed by atoms with van der Waals surface area (Å²) in [5.41, 5.74) is -0.649. The number of hydrogen-bond donors (Lipinski definition) is 1. The van der Waals surface area contributed by atoms with Crippen LogP contribution in [-0.4, -0.2) is 53.4 Å². The molecule has 0 saturated carbocycles. The highest BCUT2D eigenvalue weighted by Crippen LogP contribution is 2.37. The molecule has 0 heterocycles. The molecule has 0 aromatic rings. The summed E-state index contributed by atoms with van der Waals surface area (Å²) in [5.74, 6) is 0.278. The van der Waals surface area contributed by atoms with Gasteiger partial charge in [0.1, 0.15) is 5.60 Å². The molecule has 0 fully saturated rings. The van der Waals surface area contributed by atoms with E-state index in [1.54, 1.807) is 20.8 Å². The van der Waals surface area contributed by atoms with Crippen LogP contribution in [0.3, 0.4) is 0 Å². The summed E-state index contributed by atoms with van der Waals surface area (Å²) in [5, 5.41) is 2.94. The van der Waals surface area contributed by atoms with Gasteiger partial charge in [0.2, 0.25) is 0 Å². The van der Waals surface area contributed by atoms with E-state index in [9.17, 15) is 13.2 Å². The summed E-state index contributed by atoms with van der Waals surface area (Å²) >= 11 is 0. The van der Waals surface area contributed by atoms with Gasteiger partial charge in [0, 0.05) is 6.61 Å². The van der Waals surface area contributed by atoms with Gasteiger partial charge in [-0.2, -0.15) is 8.42 Å². The third kappa shape index (κ3) is 13.5. The number of hydrogen-bond acceptors (Lipinski definition) is 6. The van der Waals surface area contributed by atoms with Crippen LogP contribution in [-0.2, 0) is 23.5 Å². The van der Waals surface area contributed by atoms with Gasteiger partial charge in [-0.05, 0) is 63.6 Å². The molecule has 7 nitrogen and oxygen atoms in total. The number of rotatable bonds is 11. The number of carbonyl (C=O) groups is 1. The van der Waals surface area contributed by atoms with E-state index in [1.165, 1.54) is 0 Å². The molecule has 0 saturated heterocycles. The lowest BCUT2D eigenvalue weighted by Gasteiger charge is -2.37. The zero-order valence-electron chi connectivity index (χ0n) is 21.8. The average Bonchev–Trinajstić information content (AvgIpc) is 2.47. The van der Waals surface area contributed by atoms with E-state index in [4.69, 9.17) is 13.3 Å². The number of alkyl carbamates (subject to hydrolysis) is 1. The Hall–Kier alpha value is -0.643. The molecule has 0 aromatic carbocycles. The van der Waals surface area contributed by atoms with Crippen LogP contribution in [0.2, 0.25) is 18.1 Å². The minimum atomic E-state index is -3.71. The molecule has 31 heavy (non-hydrogen) atoms. The molecule has 3 atom stereocenters. The van der Waals surface area contributed by atoms with E-state index in [0.717, 1.165) is 6.26 Å². The molecule has 0 rings (SSSR count). The predicted octanol–water partition coefficient (Wildman–Crippen LogP) is 5.32. The standard InChI is InChI=1S/C22H47NO6SSi/c1-16(2)13-18(23-20(24)28-21(4,5)6)19(29-30(10,25)26)14-17(3)15-27-31(11,12)22(7,8)9/h16-19H,13-15H2,1-12H3,(H,23,24)/t17-,18+,19-/m1/s1. The fourth-order valence-corrected chi connectivity index (χ4v) is 4.59. The topological polar surface area (TPSA) is 90.9 Å². The van der Waals surface area contributed by atoms with Gasteiger partial charge in [-0.25, -0.2) is 4.79 Å². The van der Waals surface area contributed by atoms with Crippen molar-refractivity contribution in [3.63, 3.8) is 0 Å². The van der Waals surface area contributed by atoms with Gasteiger partial charge in [-0.1, -0.05) is 41.5 Å². The average molecular weight is 482 g/mol. The molecule has 0 bridgehead atoms. The van der Waals surface area contributed by atoms with E-state index in [0.29, 0.717) is 19.4 Å². The molecule has 0 aliphatic rings. The monoisotopic (exact) mass is 481 g/mol. The first-order chi connectivity index (χ1) is 13.6. The quantitative estimate of drug-likeness (QED) is 0.317. The molecule has 0 aromatic heterocycles. The van der Waals surface area contributed by atoms with E-state index >= 15 is 0 Å². The van der Waals surface area contributed by atoms with Gasteiger partial charge in [0.25, 0.3) is 10.1 Å². The Balaban J connectivity index is 5.50. The summed E-state index contributed by atoms with van der Waals surface area (Å²) in [6, 6.07) is -0.500. The van der Waals surface area contributed by atoms with E-state index < -0.39 is 42.3 Å². The predicted molar refractivity (Wildman–Crippen MR) is 129 cm³/mol. The molecule has 0 aliphatic heterocycles. The largest absolute Gasteiger partial charge is 0.444 e. The molecular formula is C22H47NO6SSi. The summed E-state index contributed by atoms with van der Waals surface area (Å²) in [7, 11) is -5.63. The highest BCUT2D eigenvalue weighted by atomic mass is 32.2. The maximum absolute atomic E-state index is 12.4. The first kappa shape index (κ1) is 30.4. The summed E-state index contributed by atoms with van der Waals surface area (Å²) < 4.78 is 41.1. The Kier molecular flexibility index (Phi) is 11.2. The molecule has 0 spiro atoms. The second-order valence-electron chi connectivity index (χ2n) is 11.6.